The molecule has 1 aliphatic heterocycles. The molecule has 0 unspecified atom stereocenters. The molecule has 0 atom stereocenters. The molecular formula is C17H27N2O6U-. The Hall–Kier alpha value is -1.04. The normalized spacial score (nSPS) is 14.6. The maximum Gasteiger partial charge on any atom is 0.333 e. The van der Waals surface area contributed by atoms with E-state index in [-0.39, 0.29) is 55.4 Å². The van der Waals surface area contributed by atoms with Crippen molar-refractivity contribution in [1.82, 2.24) is 10.4 Å². The van der Waals surface area contributed by atoms with Gasteiger partial charge in [0.05, 0.1) is 12.0 Å². The summed E-state index contributed by atoms with van der Waals surface area (Å²) in [7, 11) is 0. The number of nitrogens with zero attached hydrogens (tertiary/aromatic N) is 1. The zero-order valence-corrected chi connectivity index (χ0v) is 20.2. The molecule has 3 amide bonds. The summed E-state index contributed by atoms with van der Waals surface area (Å²) >= 11 is 0. The quantitative estimate of drug-likeness (QED) is 0.320. The van der Waals surface area contributed by atoms with Crippen molar-refractivity contribution in [2.24, 2.45) is 0 Å². The molecular weight excluding hydrogens is 566 g/mol. The molecule has 1 aliphatic rings. The van der Waals surface area contributed by atoms with Gasteiger partial charge in [-0.15, -0.1) is 5.06 Å². The zero-order chi connectivity index (χ0) is 19.3. The number of nitrogens with one attached hydrogen (secondary N) is 1. The van der Waals surface area contributed by atoms with Crippen LogP contribution < -0.4 is 5.32 Å². The van der Waals surface area contributed by atoms with Gasteiger partial charge in [-0.1, -0.05) is 6.42 Å². The van der Waals surface area contributed by atoms with Crippen LogP contribution in [0.25, 0.3) is 0 Å². The summed E-state index contributed by atoms with van der Waals surface area (Å²) in [6.45, 7) is 9.36. The van der Waals surface area contributed by atoms with Crippen molar-refractivity contribution in [2.45, 2.75) is 71.4 Å². The molecule has 1 N–H and O–H groups in total. The molecule has 0 aromatic rings. The molecule has 0 aromatic carbocycles. The van der Waals surface area contributed by atoms with E-state index in [0.717, 1.165) is 0 Å². The van der Waals surface area contributed by atoms with Crippen LogP contribution in [0.5, 0.6) is 0 Å². The van der Waals surface area contributed by atoms with E-state index in [2.05, 4.69) is 5.32 Å². The minimum Gasteiger partial charge on any atom is -0.375 e. The molecule has 0 bridgehead atoms. The molecule has 1 heterocycles. The minimum absolute atomic E-state index is 0. The molecule has 0 aliphatic carbocycles. The van der Waals surface area contributed by atoms with E-state index in [1.807, 2.05) is 27.7 Å². The van der Waals surface area contributed by atoms with Crippen LogP contribution in [0, 0.1) is 37.5 Å². The summed E-state index contributed by atoms with van der Waals surface area (Å²) < 4.78 is 5.80. The molecule has 0 aromatic heterocycles. The first-order valence-electron chi connectivity index (χ1n) is 8.25. The third-order valence-electron chi connectivity index (χ3n) is 3.74. The SMILES string of the molecule is CC(=O)NC(C)(C)CCOC(C)(C)CCC(=O)ON1C(=O)[CH-]CC1=O.[U]. The van der Waals surface area contributed by atoms with E-state index in [1.54, 1.807) is 0 Å². The largest absolute Gasteiger partial charge is 0.375 e. The fourth-order valence-corrected chi connectivity index (χ4v) is 2.30. The number of amides is 3. The van der Waals surface area contributed by atoms with E-state index in [9.17, 15) is 19.2 Å². The number of hydrogen-bond acceptors (Lipinski definition) is 6. The number of imide groups is 1. The smallest absolute Gasteiger partial charge is 0.333 e. The van der Waals surface area contributed by atoms with Gasteiger partial charge in [0, 0.05) is 50.2 Å². The van der Waals surface area contributed by atoms with Crippen molar-refractivity contribution >= 4 is 23.7 Å². The monoisotopic (exact) mass is 593 g/mol. The third kappa shape index (κ3) is 9.06. The van der Waals surface area contributed by atoms with Crippen LogP contribution in [-0.2, 0) is 28.8 Å². The van der Waals surface area contributed by atoms with Crippen LogP contribution in [0.1, 0.15) is 60.3 Å². The Balaban J connectivity index is 0.00000625. The summed E-state index contributed by atoms with van der Waals surface area (Å²) in [5.74, 6) is -1.93. The zero-order valence-electron chi connectivity index (χ0n) is 16.0. The molecule has 26 heavy (non-hydrogen) atoms. The second-order valence-electron chi connectivity index (χ2n) is 7.32. The van der Waals surface area contributed by atoms with Crippen LogP contribution in [-0.4, -0.2) is 46.5 Å². The Labute approximate surface area is 178 Å². The second-order valence-corrected chi connectivity index (χ2v) is 7.32. The Morgan fingerprint density at radius 3 is 2.31 bits per heavy atom. The van der Waals surface area contributed by atoms with Gasteiger partial charge in [-0.2, -0.15) is 0 Å². The Morgan fingerprint density at radius 2 is 1.81 bits per heavy atom. The second kappa shape index (κ2) is 10.3. The van der Waals surface area contributed by atoms with Crippen molar-refractivity contribution in [2.75, 3.05) is 6.61 Å². The number of carbonyl (C=O) groups excluding carboxylic acids is 4. The van der Waals surface area contributed by atoms with E-state index in [0.29, 0.717) is 24.5 Å². The Kier molecular flexibility index (Phi) is 9.92. The van der Waals surface area contributed by atoms with Gasteiger partial charge in [0.2, 0.25) is 11.8 Å². The molecule has 146 valence electrons. The van der Waals surface area contributed by atoms with E-state index >= 15 is 0 Å². The molecule has 1 fully saturated rings. The molecule has 8 nitrogen and oxygen atoms in total. The van der Waals surface area contributed by atoms with Gasteiger partial charge in [-0.25, -0.2) is 4.79 Å². The Morgan fingerprint density at radius 1 is 1.19 bits per heavy atom. The van der Waals surface area contributed by atoms with Gasteiger partial charge in [-0.3, -0.25) is 16.0 Å². The summed E-state index contributed by atoms with van der Waals surface area (Å²) in [6, 6.07) is 0. The predicted molar refractivity (Wildman–Crippen MR) is 88.6 cm³/mol. The number of hydrogen-bond donors (Lipinski definition) is 1. The first-order valence-corrected chi connectivity index (χ1v) is 8.25. The fraction of sp³-hybridized carbons (Fsp3) is 0.706. The van der Waals surface area contributed by atoms with Gasteiger partial charge in [0.1, 0.15) is 5.91 Å². The average Bonchev–Trinajstić information content (AvgIpc) is 2.75. The number of ether oxygens (including phenoxy) is 1. The van der Waals surface area contributed by atoms with E-state index in [1.165, 1.54) is 13.3 Å². The summed E-state index contributed by atoms with van der Waals surface area (Å²) in [6.07, 6.45) is 2.11. The van der Waals surface area contributed by atoms with Gasteiger partial charge >= 0.3 is 5.97 Å². The van der Waals surface area contributed by atoms with Gasteiger partial charge < -0.3 is 19.7 Å². The maximum absolute atomic E-state index is 11.8. The van der Waals surface area contributed by atoms with Crippen molar-refractivity contribution in [3.05, 3.63) is 6.42 Å². The topological polar surface area (TPSA) is 102 Å². The minimum atomic E-state index is -0.660. The fourth-order valence-electron chi connectivity index (χ4n) is 2.30. The number of hydroxylamine groups is 2. The maximum atomic E-state index is 11.8. The first-order chi connectivity index (χ1) is 11.4. The first kappa shape index (κ1) is 25.0. The van der Waals surface area contributed by atoms with Crippen LogP contribution in [0.15, 0.2) is 0 Å². The number of carbonyl (C=O) groups is 4. The van der Waals surface area contributed by atoms with E-state index in [4.69, 9.17) is 9.57 Å². The van der Waals surface area contributed by atoms with Crippen molar-refractivity contribution in [1.29, 1.82) is 0 Å². The van der Waals surface area contributed by atoms with Crippen LogP contribution in [0.2, 0.25) is 0 Å². The van der Waals surface area contributed by atoms with Gasteiger partial charge in [0.25, 0.3) is 0 Å². The van der Waals surface area contributed by atoms with Crippen LogP contribution in [0.3, 0.4) is 0 Å². The molecule has 0 saturated carbocycles. The van der Waals surface area contributed by atoms with Crippen molar-refractivity contribution in [3.63, 3.8) is 0 Å². The summed E-state index contributed by atoms with van der Waals surface area (Å²) in [4.78, 5) is 50.5. The van der Waals surface area contributed by atoms with Gasteiger partial charge in [-0.05, 0) is 40.5 Å². The summed E-state index contributed by atoms with van der Waals surface area (Å²) in [5.41, 5.74) is -0.968. The van der Waals surface area contributed by atoms with Crippen LogP contribution >= 0.6 is 0 Å². The van der Waals surface area contributed by atoms with Crippen molar-refractivity contribution in [3.8, 4) is 0 Å². The van der Waals surface area contributed by atoms with Gasteiger partial charge in [0.15, 0.2) is 0 Å². The number of rotatable bonds is 9. The molecule has 1 rings (SSSR count). The van der Waals surface area contributed by atoms with Crippen LogP contribution in [0.4, 0.5) is 0 Å². The molecule has 9 heteroatoms. The van der Waals surface area contributed by atoms with Crippen molar-refractivity contribution < 1.29 is 59.9 Å². The summed E-state index contributed by atoms with van der Waals surface area (Å²) in [5, 5.41) is 3.33. The molecule has 0 spiro atoms. The molecule has 1 saturated heterocycles. The third-order valence-corrected chi connectivity index (χ3v) is 3.74. The van der Waals surface area contributed by atoms with E-state index < -0.39 is 23.4 Å². The predicted octanol–water partition coefficient (Wildman–Crippen LogP) is 1.29. The Bertz CT molecular complexity index is 531. The average molecular weight is 593 g/mol. The molecule has 0 radical (unpaired) electrons. The standard InChI is InChI=1S/C17H27N2O6.U/c1-12(20)18-16(2,3)10-11-24-17(4,5)9-8-15(23)25-19-13(21)6-7-14(19)22;/h6H,7-11H2,1-5H3,(H,18,20);/q-1;.